The first kappa shape index (κ1) is 17.7. The van der Waals surface area contributed by atoms with Gasteiger partial charge in [0.25, 0.3) is 5.91 Å². The number of methoxy groups -OCH3 is 1. The fourth-order valence-corrected chi connectivity index (χ4v) is 2.49. The zero-order valence-electron chi connectivity index (χ0n) is 14.7. The quantitative estimate of drug-likeness (QED) is 0.846. The molecule has 0 saturated carbocycles. The van der Waals surface area contributed by atoms with Gasteiger partial charge in [0.05, 0.1) is 7.11 Å². The van der Waals surface area contributed by atoms with E-state index in [0.717, 1.165) is 30.2 Å². The molecule has 0 spiro atoms. The van der Waals surface area contributed by atoms with Gasteiger partial charge in [-0.1, -0.05) is 18.2 Å². The van der Waals surface area contributed by atoms with E-state index in [0.29, 0.717) is 18.1 Å². The molecule has 1 aromatic carbocycles. The Bertz CT molecular complexity index is 699. The number of carbonyl (C=O) groups excluding carboxylic acids is 1. The van der Waals surface area contributed by atoms with E-state index in [1.54, 1.807) is 20.1 Å². The first-order valence-corrected chi connectivity index (χ1v) is 8.09. The number of amides is 1. The van der Waals surface area contributed by atoms with Crippen molar-refractivity contribution in [1.82, 2.24) is 15.3 Å². The number of benzene rings is 1. The molecule has 0 unspecified atom stereocenters. The molecule has 0 saturated heterocycles. The summed E-state index contributed by atoms with van der Waals surface area (Å²) in [5.41, 5.74) is 1.29. The van der Waals surface area contributed by atoms with Gasteiger partial charge in [-0.05, 0) is 26.8 Å². The number of aromatic nitrogens is 2. The van der Waals surface area contributed by atoms with Crippen molar-refractivity contribution < 1.29 is 9.53 Å². The van der Waals surface area contributed by atoms with Gasteiger partial charge < -0.3 is 15.0 Å². The predicted molar refractivity (Wildman–Crippen MR) is 94.5 cm³/mol. The molecule has 6 nitrogen and oxygen atoms in total. The Morgan fingerprint density at radius 2 is 1.92 bits per heavy atom. The van der Waals surface area contributed by atoms with Crippen LogP contribution < -0.4 is 15.0 Å². The number of rotatable bonds is 7. The highest BCUT2D eigenvalue weighted by Gasteiger charge is 2.13. The molecule has 0 bridgehead atoms. The molecule has 0 atom stereocenters. The Morgan fingerprint density at radius 1 is 1.21 bits per heavy atom. The van der Waals surface area contributed by atoms with Gasteiger partial charge in [0, 0.05) is 31.3 Å². The highest BCUT2D eigenvalue weighted by atomic mass is 16.5. The van der Waals surface area contributed by atoms with Crippen LogP contribution in [0.4, 0.5) is 5.82 Å². The molecule has 0 aliphatic carbocycles. The first-order valence-electron chi connectivity index (χ1n) is 8.09. The molecule has 0 aliphatic heterocycles. The number of hydrogen-bond acceptors (Lipinski definition) is 5. The van der Waals surface area contributed by atoms with Crippen molar-refractivity contribution in [3.05, 3.63) is 47.4 Å². The van der Waals surface area contributed by atoms with Gasteiger partial charge in [-0.15, -0.1) is 0 Å². The van der Waals surface area contributed by atoms with Crippen molar-refractivity contribution >= 4 is 11.7 Å². The minimum absolute atomic E-state index is 0.222. The summed E-state index contributed by atoms with van der Waals surface area (Å²) < 4.78 is 5.30. The highest BCUT2D eigenvalue weighted by molar-refractivity contribution is 5.93. The van der Waals surface area contributed by atoms with Crippen LogP contribution in [0.5, 0.6) is 5.75 Å². The van der Waals surface area contributed by atoms with E-state index < -0.39 is 0 Å². The lowest BCUT2D eigenvalue weighted by Crippen LogP contribution is -2.27. The van der Waals surface area contributed by atoms with E-state index in [1.807, 2.05) is 24.3 Å². The largest absolute Gasteiger partial charge is 0.496 e. The lowest BCUT2D eigenvalue weighted by atomic mass is 10.2. The second kappa shape index (κ2) is 8.29. The fourth-order valence-electron chi connectivity index (χ4n) is 2.49. The molecule has 0 aliphatic rings. The summed E-state index contributed by atoms with van der Waals surface area (Å²) in [6, 6.07) is 9.34. The van der Waals surface area contributed by atoms with Gasteiger partial charge >= 0.3 is 0 Å². The molecule has 1 N–H and O–H groups in total. The Labute approximate surface area is 142 Å². The van der Waals surface area contributed by atoms with Crippen LogP contribution in [0, 0.1) is 6.92 Å². The number of aryl methyl sites for hydroxylation is 1. The minimum Gasteiger partial charge on any atom is -0.496 e. The maximum atomic E-state index is 12.5. The standard InChI is InChI=1S/C18H24N4O2/c1-5-22(6-2)17-11-15(20-13(3)21-17)18(23)19-12-14-9-7-8-10-16(14)24-4/h7-11H,5-6,12H2,1-4H3,(H,19,23). The summed E-state index contributed by atoms with van der Waals surface area (Å²) in [5, 5.41) is 2.89. The van der Waals surface area contributed by atoms with Crippen molar-refractivity contribution in [1.29, 1.82) is 0 Å². The van der Waals surface area contributed by atoms with Crippen LogP contribution in [0.1, 0.15) is 35.7 Å². The van der Waals surface area contributed by atoms with Crippen LogP contribution in [-0.2, 0) is 6.54 Å². The minimum atomic E-state index is -0.222. The van der Waals surface area contributed by atoms with E-state index in [-0.39, 0.29) is 5.91 Å². The molecule has 128 valence electrons. The Kier molecular flexibility index (Phi) is 6.12. The average Bonchev–Trinajstić information content (AvgIpc) is 2.60. The Hall–Kier alpha value is -2.63. The van der Waals surface area contributed by atoms with Gasteiger partial charge in [0.1, 0.15) is 23.1 Å². The van der Waals surface area contributed by atoms with E-state index in [9.17, 15) is 4.79 Å². The maximum Gasteiger partial charge on any atom is 0.270 e. The topological polar surface area (TPSA) is 67.4 Å². The summed E-state index contributed by atoms with van der Waals surface area (Å²) in [6.07, 6.45) is 0. The van der Waals surface area contributed by atoms with Crippen LogP contribution in [-0.4, -0.2) is 36.1 Å². The second-order valence-electron chi connectivity index (χ2n) is 5.33. The lowest BCUT2D eigenvalue weighted by molar-refractivity contribution is 0.0945. The molecule has 1 heterocycles. The van der Waals surface area contributed by atoms with Gasteiger partial charge in [0.15, 0.2) is 0 Å². The summed E-state index contributed by atoms with van der Waals surface area (Å²) in [4.78, 5) is 23.2. The fraction of sp³-hybridized carbons (Fsp3) is 0.389. The SMILES string of the molecule is CCN(CC)c1cc(C(=O)NCc2ccccc2OC)nc(C)n1. The smallest absolute Gasteiger partial charge is 0.270 e. The molecule has 24 heavy (non-hydrogen) atoms. The van der Waals surface area contributed by atoms with Gasteiger partial charge in [-0.2, -0.15) is 0 Å². The first-order chi connectivity index (χ1) is 11.6. The third-order valence-electron chi connectivity index (χ3n) is 3.78. The van der Waals surface area contributed by atoms with Crippen LogP contribution in [0.3, 0.4) is 0 Å². The van der Waals surface area contributed by atoms with Crippen LogP contribution in [0.2, 0.25) is 0 Å². The molecule has 0 radical (unpaired) electrons. The average molecular weight is 328 g/mol. The third kappa shape index (κ3) is 4.22. The summed E-state index contributed by atoms with van der Waals surface area (Å²) in [7, 11) is 1.62. The summed E-state index contributed by atoms with van der Waals surface area (Å²) in [6.45, 7) is 7.95. The van der Waals surface area contributed by atoms with Crippen LogP contribution in [0.25, 0.3) is 0 Å². The summed E-state index contributed by atoms with van der Waals surface area (Å²) in [5.74, 6) is 1.89. The Morgan fingerprint density at radius 3 is 2.58 bits per heavy atom. The zero-order valence-corrected chi connectivity index (χ0v) is 14.7. The van der Waals surface area contributed by atoms with E-state index in [1.165, 1.54) is 0 Å². The molecule has 6 heteroatoms. The molecular weight excluding hydrogens is 304 g/mol. The lowest BCUT2D eigenvalue weighted by Gasteiger charge is -2.20. The van der Waals surface area contributed by atoms with Gasteiger partial charge in [-0.25, -0.2) is 9.97 Å². The number of para-hydroxylation sites is 1. The molecular formula is C18H24N4O2. The van der Waals surface area contributed by atoms with Crippen molar-refractivity contribution in [2.45, 2.75) is 27.3 Å². The molecule has 2 aromatic rings. The maximum absolute atomic E-state index is 12.5. The second-order valence-corrected chi connectivity index (χ2v) is 5.33. The molecule has 1 amide bonds. The predicted octanol–water partition coefficient (Wildman–Crippen LogP) is 2.57. The zero-order chi connectivity index (χ0) is 17.5. The van der Waals surface area contributed by atoms with Crippen LogP contribution >= 0.6 is 0 Å². The van der Waals surface area contributed by atoms with Crippen molar-refractivity contribution in [3.8, 4) is 5.75 Å². The van der Waals surface area contributed by atoms with Gasteiger partial charge in [-0.3, -0.25) is 4.79 Å². The van der Waals surface area contributed by atoms with E-state index in [4.69, 9.17) is 4.74 Å². The third-order valence-corrected chi connectivity index (χ3v) is 3.78. The van der Waals surface area contributed by atoms with Gasteiger partial charge in [0.2, 0.25) is 0 Å². The summed E-state index contributed by atoms with van der Waals surface area (Å²) >= 11 is 0. The molecule has 1 aromatic heterocycles. The normalized spacial score (nSPS) is 10.3. The number of nitrogens with zero attached hydrogens (tertiary/aromatic N) is 3. The number of anilines is 1. The van der Waals surface area contributed by atoms with E-state index >= 15 is 0 Å². The van der Waals surface area contributed by atoms with Crippen molar-refractivity contribution in [3.63, 3.8) is 0 Å². The van der Waals surface area contributed by atoms with E-state index in [2.05, 4.69) is 34.0 Å². The number of nitrogens with one attached hydrogen (secondary N) is 1. The van der Waals surface area contributed by atoms with Crippen LogP contribution in [0.15, 0.2) is 30.3 Å². The molecule has 2 rings (SSSR count). The van der Waals surface area contributed by atoms with Crippen molar-refractivity contribution in [2.24, 2.45) is 0 Å². The number of hydrogen-bond donors (Lipinski definition) is 1. The Balaban J connectivity index is 2.15. The number of carbonyl (C=O) groups is 1. The number of ether oxygens (including phenoxy) is 1. The molecule has 0 fully saturated rings. The van der Waals surface area contributed by atoms with Crippen molar-refractivity contribution in [2.75, 3.05) is 25.1 Å². The highest BCUT2D eigenvalue weighted by Crippen LogP contribution is 2.17. The monoisotopic (exact) mass is 328 g/mol.